The SMILES string of the molecule is Cn1ncc(-c2ccc3nc(C(C)(C)C)[nH]c3c2)c1N. The lowest BCUT2D eigenvalue weighted by Gasteiger charge is -2.13. The molecule has 0 aliphatic rings. The number of aromatic nitrogens is 4. The fourth-order valence-corrected chi connectivity index (χ4v) is 2.20. The Labute approximate surface area is 117 Å². The number of nitrogens with two attached hydrogens (primary N) is 1. The van der Waals surface area contributed by atoms with Crippen LogP contribution in [0.15, 0.2) is 24.4 Å². The van der Waals surface area contributed by atoms with Gasteiger partial charge in [0.05, 0.1) is 17.2 Å². The zero-order chi connectivity index (χ0) is 14.5. The maximum atomic E-state index is 6.03. The van der Waals surface area contributed by atoms with Crippen molar-refractivity contribution in [1.29, 1.82) is 0 Å². The molecule has 3 rings (SSSR count). The summed E-state index contributed by atoms with van der Waals surface area (Å²) in [6.07, 6.45) is 1.79. The van der Waals surface area contributed by atoms with E-state index in [9.17, 15) is 0 Å². The van der Waals surface area contributed by atoms with Gasteiger partial charge < -0.3 is 10.7 Å². The predicted molar refractivity (Wildman–Crippen MR) is 81.4 cm³/mol. The molecule has 20 heavy (non-hydrogen) atoms. The minimum Gasteiger partial charge on any atom is -0.383 e. The zero-order valence-corrected chi connectivity index (χ0v) is 12.2. The molecule has 0 atom stereocenters. The molecular formula is C15H19N5. The standard InChI is InChI=1S/C15H19N5/c1-15(2,3)14-18-11-6-5-9(7-12(11)19-14)10-8-17-20(4)13(10)16/h5-8H,16H2,1-4H3,(H,18,19). The Morgan fingerprint density at radius 1 is 1.25 bits per heavy atom. The van der Waals surface area contributed by atoms with Gasteiger partial charge in [0.15, 0.2) is 0 Å². The monoisotopic (exact) mass is 269 g/mol. The zero-order valence-electron chi connectivity index (χ0n) is 12.2. The molecule has 0 bridgehead atoms. The number of aromatic amines is 1. The highest BCUT2D eigenvalue weighted by Gasteiger charge is 2.18. The van der Waals surface area contributed by atoms with Crippen molar-refractivity contribution in [3.8, 4) is 11.1 Å². The van der Waals surface area contributed by atoms with E-state index in [0.29, 0.717) is 5.82 Å². The van der Waals surface area contributed by atoms with E-state index in [1.54, 1.807) is 10.9 Å². The molecule has 0 amide bonds. The van der Waals surface area contributed by atoms with Gasteiger partial charge >= 0.3 is 0 Å². The second-order valence-corrected chi connectivity index (χ2v) is 6.13. The molecular weight excluding hydrogens is 250 g/mol. The molecule has 5 heteroatoms. The van der Waals surface area contributed by atoms with E-state index in [1.165, 1.54) is 0 Å². The van der Waals surface area contributed by atoms with Crippen LogP contribution in [0.5, 0.6) is 0 Å². The smallest absolute Gasteiger partial charge is 0.129 e. The number of nitrogen functional groups attached to an aromatic ring is 1. The molecule has 104 valence electrons. The summed E-state index contributed by atoms with van der Waals surface area (Å²) >= 11 is 0. The predicted octanol–water partition coefficient (Wildman–Crippen LogP) is 2.84. The fourth-order valence-electron chi connectivity index (χ4n) is 2.20. The van der Waals surface area contributed by atoms with Gasteiger partial charge in [0.25, 0.3) is 0 Å². The lowest BCUT2D eigenvalue weighted by atomic mass is 9.96. The summed E-state index contributed by atoms with van der Waals surface area (Å²) in [4.78, 5) is 8.03. The van der Waals surface area contributed by atoms with Crippen molar-refractivity contribution in [1.82, 2.24) is 19.7 Å². The first-order chi connectivity index (χ1) is 9.36. The highest BCUT2D eigenvalue weighted by Crippen LogP contribution is 2.29. The third-order valence-corrected chi connectivity index (χ3v) is 3.49. The maximum Gasteiger partial charge on any atom is 0.129 e. The molecule has 0 spiro atoms. The van der Waals surface area contributed by atoms with Crippen LogP contribution < -0.4 is 5.73 Å². The highest BCUT2D eigenvalue weighted by molar-refractivity contribution is 5.84. The number of hydrogen-bond donors (Lipinski definition) is 2. The first kappa shape index (κ1) is 12.7. The first-order valence-corrected chi connectivity index (χ1v) is 6.64. The van der Waals surface area contributed by atoms with Crippen molar-refractivity contribution in [3.05, 3.63) is 30.2 Å². The third kappa shape index (κ3) is 1.95. The summed E-state index contributed by atoms with van der Waals surface area (Å²) < 4.78 is 1.67. The average molecular weight is 269 g/mol. The van der Waals surface area contributed by atoms with Gasteiger partial charge in [0, 0.05) is 18.0 Å². The van der Waals surface area contributed by atoms with Gasteiger partial charge in [-0.25, -0.2) is 4.98 Å². The Kier molecular flexibility index (Phi) is 2.61. The van der Waals surface area contributed by atoms with Crippen molar-refractivity contribution < 1.29 is 0 Å². The van der Waals surface area contributed by atoms with Gasteiger partial charge in [0.1, 0.15) is 11.6 Å². The summed E-state index contributed by atoms with van der Waals surface area (Å²) in [5.74, 6) is 1.66. The Balaban J connectivity index is 2.13. The number of anilines is 1. The number of hydrogen-bond acceptors (Lipinski definition) is 3. The van der Waals surface area contributed by atoms with Gasteiger partial charge in [0.2, 0.25) is 0 Å². The average Bonchev–Trinajstić information content (AvgIpc) is 2.93. The van der Waals surface area contributed by atoms with E-state index in [1.807, 2.05) is 19.2 Å². The van der Waals surface area contributed by atoms with Crippen LogP contribution >= 0.6 is 0 Å². The Morgan fingerprint density at radius 2 is 2.00 bits per heavy atom. The van der Waals surface area contributed by atoms with Gasteiger partial charge in [-0.15, -0.1) is 0 Å². The maximum absolute atomic E-state index is 6.03. The number of nitrogens with one attached hydrogen (secondary N) is 1. The van der Waals surface area contributed by atoms with Crippen LogP contribution in [0.2, 0.25) is 0 Å². The van der Waals surface area contributed by atoms with Crippen molar-refractivity contribution >= 4 is 16.9 Å². The molecule has 2 aromatic heterocycles. The van der Waals surface area contributed by atoms with E-state index in [-0.39, 0.29) is 5.41 Å². The van der Waals surface area contributed by atoms with Crippen molar-refractivity contribution in [2.45, 2.75) is 26.2 Å². The van der Waals surface area contributed by atoms with E-state index >= 15 is 0 Å². The molecule has 2 heterocycles. The number of rotatable bonds is 1. The molecule has 0 saturated carbocycles. The van der Waals surface area contributed by atoms with E-state index in [0.717, 1.165) is 28.0 Å². The van der Waals surface area contributed by atoms with Crippen LogP contribution in [0, 0.1) is 0 Å². The van der Waals surface area contributed by atoms with Gasteiger partial charge in [-0.1, -0.05) is 26.8 Å². The Bertz CT molecular complexity index is 773. The molecule has 0 radical (unpaired) electrons. The summed E-state index contributed by atoms with van der Waals surface area (Å²) in [7, 11) is 1.84. The van der Waals surface area contributed by atoms with Crippen molar-refractivity contribution in [2.24, 2.45) is 7.05 Å². The molecule has 0 unspecified atom stereocenters. The Hall–Kier alpha value is -2.30. The molecule has 0 saturated heterocycles. The van der Waals surface area contributed by atoms with Gasteiger partial charge in [-0.05, 0) is 17.7 Å². The van der Waals surface area contributed by atoms with Crippen molar-refractivity contribution in [3.63, 3.8) is 0 Å². The first-order valence-electron chi connectivity index (χ1n) is 6.64. The van der Waals surface area contributed by atoms with Gasteiger partial charge in [-0.2, -0.15) is 5.10 Å². The quantitative estimate of drug-likeness (QED) is 0.713. The lowest BCUT2D eigenvalue weighted by Crippen LogP contribution is -2.12. The summed E-state index contributed by atoms with van der Waals surface area (Å²) in [5.41, 5.74) is 10.0. The van der Waals surface area contributed by atoms with Crippen LogP contribution in [0.25, 0.3) is 22.2 Å². The molecule has 0 fully saturated rings. The van der Waals surface area contributed by atoms with E-state index in [2.05, 4.69) is 41.9 Å². The molecule has 0 aliphatic heterocycles. The minimum absolute atomic E-state index is 0.00646. The highest BCUT2D eigenvalue weighted by atomic mass is 15.3. The lowest BCUT2D eigenvalue weighted by molar-refractivity contribution is 0.554. The second-order valence-electron chi connectivity index (χ2n) is 6.13. The number of aryl methyl sites for hydroxylation is 1. The molecule has 5 nitrogen and oxygen atoms in total. The van der Waals surface area contributed by atoms with Gasteiger partial charge in [-0.3, -0.25) is 4.68 Å². The fraction of sp³-hybridized carbons (Fsp3) is 0.333. The van der Waals surface area contributed by atoms with E-state index < -0.39 is 0 Å². The molecule has 3 N–H and O–H groups in total. The molecule has 0 aliphatic carbocycles. The number of nitrogens with zero attached hydrogens (tertiary/aromatic N) is 3. The van der Waals surface area contributed by atoms with Crippen LogP contribution in [-0.4, -0.2) is 19.7 Å². The van der Waals surface area contributed by atoms with E-state index in [4.69, 9.17) is 5.73 Å². The summed E-state index contributed by atoms with van der Waals surface area (Å²) in [5, 5.41) is 4.18. The summed E-state index contributed by atoms with van der Waals surface area (Å²) in [6, 6.07) is 6.12. The largest absolute Gasteiger partial charge is 0.383 e. The van der Waals surface area contributed by atoms with Crippen LogP contribution in [0.3, 0.4) is 0 Å². The molecule has 3 aromatic rings. The number of fused-ring (bicyclic) bond motifs is 1. The summed E-state index contributed by atoms with van der Waals surface area (Å²) in [6.45, 7) is 6.43. The second kappa shape index (κ2) is 4.10. The molecule has 1 aromatic carbocycles. The van der Waals surface area contributed by atoms with Crippen molar-refractivity contribution in [2.75, 3.05) is 5.73 Å². The van der Waals surface area contributed by atoms with Crippen LogP contribution in [-0.2, 0) is 12.5 Å². The topological polar surface area (TPSA) is 72.5 Å². The number of imidazole rings is 1. The van der Waals surface area contributed by atoms with Crippen LogP contribution in [0.4, 0.5) is 5.82 Å². The minimum atomic E-state index is 0.00646. The third-order valence-electron chi connectivity index (χ3n) is 3.49. The number of H-pyrrole nitrogens is 1. The Morgan fingerprint density at radius 3 is 2.60 bits per heavy atom. The van der Waals surface area contributed by atoms with Crippen LogP contribution in [0.1, 0.15) is 26.6 Å². The number of benzene rings is 1. The normalized spacial score (nSPS) is 12.2.